The quantitative estimate of drug-likeness (QED) is 0.812. The molecule has 4 nitrogen and oxygen atoms in total. The van der Waals surface area contributed by atoms with Crippen LogP contribution >= 0.6 is 22.6 Å². The maximum atomic E-state index is 5.43. The summed E-state index contributed by atoms with van der Waals surface area (Å²) in [5.41, 5.74) is 5.43. The molecule has 3 N–H and O–H groups in total. The van der Waals surface area contributed by atoms with Crippen LogP contribution in [0.2, 0.25) is 0 Å². The van der Waals surface area contributed by atoms with Crippen LogP contribution < -0.4 is 11.1 Å². The second-order valence-corrected chi connectivity index (χ2v) is 4.45. The summed E-state index contributed by atoms with van der Waals surface area (Å²) < 4.78 is 1.04. The molecule has 1 aromatic heterocycles. The van der Waals surface area contributed by atoms with Crippen LogP contribution in [0.1, 0.15) is 19.8 Å². The van der Waals surface area contributed by atoms with Crippen molar-refractivity contribution in [1.29, 1.82) is 0 Å². The molecule has 0 amide bonds. The number of aromatic nitrogens is 2. The topological polar surface area (TPSA) is 63.8 Å². The minimum absolute atomic E-state index is 0.374. The van der Waals surface area contributed by atoms with Crippen molar-refractivity contribution < 1.29 is 0 Å². The summed E-state index contributed by atoms with van der Waals surface area (Å²) in [5, 5.41) is 3.22. The van der Waals surface area contributed by atoms with E-state index < -0.39 is 0 Å². The van der Waals surface area contributed by atoms with Gasteiger partial charge in [0.15, 0.2) is 0 Å². The van der Waals surface area contributed by atoms with Gasteiger partial charge in [0, 0.05) is 22.0 Å². The third-order valence-corrected chi connectivity index (χ3v) is 2.39. The first-order valence-electron chi connectivity index (χ1n) is 4.66. The van der Waals surface area contributed by atoms with Crippen LogP contribution in [0.3, 0.4) is 0 Å². The Morgan fingerprint density at radius 3 is 2.71 bits per heavy atom. The van der Waals surface area contributed by atoms with Gasteiger partial charge in [-0.3, -0.25) is 0 Å². The lowest BCUT2D eigenvalue weighted by molar-refractivity contribution is 0.658. The normalized spacial score (nSPS) is 12.5. The van der Waals surface area contributed by atoms with Gasteiger partial charge in [-0.25, -0.2) is 9.97 Å². The lowest BCUT2D eigenvalue weighted by Gasteiger charge is -2.12. The number of nitrogens with zero attached hydrogens (tertiary/aromatic N) is 2. The van der Waals surface area contributed by atoms with Crippen molar-refractivity contribution in [2.45, 2.75) is 25.8 Å². The van der Waals surface area contributed by atoms with Crippen molar-refractivity contribution in [1.82, 2.24) is 9.97 Å². The predicted molar refractivity (Wildman–Crippen MR) is 66.1 cm³/mol. The molecule has 0 saturated heterocycles. The molecule has 1 atom stereocenters. The van der Waals surface area contributed by atoms with Gasteiger partial charge in [0.25, 0.3) is 0 Å². The molecule has 0 aliphatic carbocycles. The average Bonchev–Trinajstić information content (AvgIpc) is 2.18. The van der Waals surface area contributed by atoms with E-state index in [0.29, 0.717) is 12.0 Å². The first-order valence-corrected chi connectivity index (χ1v) is 5.74. The molecule has 1 rings (SSSR count). The number of nitrogens with one attached hydrogen (secondary N) is 1. The molecule has 0 radical (unpaired) electrons. The molecule has 0 bridgehead atoms. The highest BCUT2D eigenvalue weighted by Crippen LogP contribution is 2.06. The number of anilines is 1. The number of hydrogen-bond donors (Lipinski definition) is 2. The van der Waals surface area contributed by atoms with Crippen LogP contribution in [0, 0.1) is 3.57 Å². The number of nitrogens with two attached hydrogens (primary N) is 1. The second-order valence-electron chi connectivity index (χ2n) is 3.20. The molecule has 1 unspecified atom stereocenters. The summed E-state index contributed by atoms with van der Waals surface area (Å²) in [5.74, 6) is 0.690. The summed E-state index contributed by atoms with van der Waals surface area (Å²) >= 11 is 2.18. The molecule has 78 valence electrons. The van der Waals surface area contributed by atoms with E-state index in [-0.39, 0.29) is 0 Å². The first-order chi connectivity index (χ1) is 6.72. The minimum atomic E-state index is 0.374. The average molecular weight is 306 g/mol. The van der Waals surface area contributed by atoms with Gasteiger partial charge >= 0.3 is 0 Å². The van der Waals surface area contributed by atoms with Crippen LogP contribution in [0.15, 0.2) is 12.4 Å². The van der Waals surface area contributed by atoms with Crippen LogP contribution in [-0.4, -0.2) is 22.6 Å². The van der Waals surface area contributed by atoms with Crippen molar-refractivity contribution in [3.8, 4) is 0 Å². The van der Waals surface area contributed by atoms with Gasteiger partial charge in [0.1, 0.15) is 0 Å². The number of rotatable bonds is 5. The van der Waals surface area contributed by atoms with E-state index in [1.807, 2.05) is 0 Å². The van der Waals surface area contributed by atoms with Gasteiger partial charge in [0.05, 0.1) is 0 Å². The Bertz CT molecular complexity index is 262. The van der Waals surface area contributed by atoms with Crippen LogP contribution in [-0.2, 0) is 0 Å². The lowest BCUT2D eigenvalue weighted by Crippen LogP contribution is -2.18. The van der Waals surface area contributed by atoms with E-state index in [0.717, 1.165) is 23.0 Å². The third-order valence-electron chi connectivity index (χ3n) is 1.84. The Labute approximate surface area is 97.8 Å². The van der Waals surface area contributed by atoms with Crippen molar-refractivity contribution in [3.63, 3.8) is 0 Å². The highest BCUT2D eigenvalue weighted by atomic mass is 127. The van der Waals surface area contributed by atoms with Crippen molar-refractivity contribution in [2.24, 2.45) is 5.73 Å². The smallest absolute Gasteiger partial charge is 0.222 e. The Balaban J connectivity index is 2.39. The van der Waals surface area contributed by atoms with Gasteiger partial charge in [-0.1, -0.05) is 0 Å². The zero-order chi connectivity index (χ0) is 10.4. The third kappa shape index (κ3) is 4.19. The fraction of sp³-hybridized carbons (Fsp3) is 0.556. The molecule has 0 saturated carbocycles. The largest absolute Gasteiger partial charge is 0.352 e. The molecular weight excluding hydrogens is 291 g/mol. The maximum Gasteiger partial charge on any atom is 0.222 e. The van der Waals surface area contributed by atoms with E-state index in [2.05, 4.69) is 44.8 Å². The second kappa shape index (κ2) is 6.13. The van der Waals surface area contributed by atoms with Gasteiger partial charge in [-0.15, -0.1) is 0 Å². The molecule has 0 aromatic carbocycles. The number of hydrogen-bond acceptors (Lipinski definition) is 4. The first kappa shape index (κ1) is 11.6. The fourth-order valence-electron chi connectivity index (χ4n) is 1.10. The van der Waals surface area contributed by atoms with Gasteiger partial charge in [0.2, 0.25) is 5.95 Å². The van der Waals surface area contributed by atoms with Crippen LogP contribution in [0.5, 0.6) is 0 Å². The molecular formula is C9H15IN4. The van der Waals surface area contributed by atoms with Crippen LogP contribution in [0.4, 0.5) is 5.95 Å². The molecule has 1 aromatic rings. The van der Waals surface area contributed by atoms with E-state index in [9.17, 15) is 0 Å². The highest BCUT2D eigenvalue weighted by molar-refractivity contribution is 14.1. The van der Waals surface area contributed by atoms with Crippen LogP contribution in [0.25, 0.3) is 0 Å². The standard InChI is InChI=1S/C9H15IN4/c1-7(3-2-4-11)14-9-12-5-8(10)6-13-9/h5-7H,2-4,11H2,1H3,(H,12,13,14). The van der Waals surface area contributed by atoms with Gasteiger partial charge in [-0.05, 0) is 48.9 Å². The Kier molecular flexibility index (Phi) is 5.10. The number of halogens is 1. The predicted octanol–water partition coefficient (Wildman–Crippen LogP) is 1.62. The Morgan fingerprint density at radius 1 is 1.50 bits per heavy atom. The highest BCUT2D eigenvalue weighted by Gasteiger charge is 2.02. The van der Waals surface area contributed by atoms with Gasteiger partial charge < -0.3 is 11.1 Å². The van der Waals surface area contributed by atoms with E-state index >= 15 is 0 Å². The molecule has 0 aliphatic heterocycles. The van der Waals surface area contributed by atoms with Crippen molar-refractivity contribution >= 4 is 28.5 Å². The molecule has 5 heteroatoms. The molecule has 1 heterocycles. The Hall–Kier alpha value is -0.430. The van der Waals surface area contributed by atoms with E-state index in [1.165, 1.54) is 0 Å². The lowest BCUT2D eigenvalue weighted by atomic mass is 10.2. The monoisotopic (exact) mass is 306 g/mol. The zero-order valence-electron chi connectivity index (χ0n) is 8.20. The molecule has 0 aliphatic rings. The van der Waals surface area contributed by atoms with Crippen molar-refractivity contribution in [2.75, 3.05) is 11.9 Å². The molecule has 0 fully saturated rings. The SMILES string of the molecule is CC(CCCN)Nc1ncc(I)cn1. The van der Waals surface area contributed by atoms with E-state index in [1.54, 1.807) is 12.4 Å². The summed E-state index contributed by atoms with van der Waals surface area (Å²) in [7, 11) is 0. The summed E-state index contributed by atoms with van der Waals surface area (Å²) in [6.45, 7) is 2.84. The zero-order valence-corrected chi connectivity index (χ0v) is 10.4. The fourth-order valence-corrected chi connectivity index (χ4v) is 1.38. The maximum absolute atomic E-state index is 5.43. The Morgan fingerprint density at radius 2 is 2.14 bits per heavy atom. The van der Waals surface area contributed by atoms with Gasteiger partial charge in [-0.2, -0.15) is 0 Å². The summed E-state index contributed by atoms with van der Waals surface area (Å²) in [6.07, 6.45) is 5.67. The molecule has 14 heavy (non-hydrogen) atoms. The summed E-state index contributed by atoms with van der Waals surface area (Å²) in [6, 6.07) is 0.374. The minimum Gasteiger partial charge on any atom is -0.352 e. The van der Waals surface area contributed by atoms with Crippen molar-refractivity contribution in [3.05, 3.63) is 16.0 Å². The summed E-state index contributed by atoms with van der Waals surface area (Å²) in [4.78, 5) is 8.33. The molecule has 0 spiro atoms. The van der Waals surface area contributed by atoms with E-state index in [4.69, 9.17) is 5.73 Å².